The predicted octanol–water partition coefficient (Wildman–Crippen LogP) is -0.0334. The van der Waals surface area contributed by atoms with Gasteiger partial charge in [0.05, 0.1) is 6.04 Å². The number of hydrogen-bond acceptors (Lipinski definition) is 4. The molecule has 0 fully saturated rings. The van der Waals surface area contributed by atoms with Gasteiger partial charge in [-0.1, -0.05) is 0 Å². The van der Waals surface area contributed by atoms with Crippen molar-refractivity contribution in [3.8, 4) is 0 Å². The molecule has 0 bridgehead atoms. The topological polar surface area (TPSA) is 70.1 Å². The highest BCUT2D eigenvalue weighted by Gasteiger charge is 2.17. The summed E-state index contributed by atoms with van der Waals surface area (Å²) in [5.41, 5.74) is 6.08. The average Bonchev–Trinajstić information content (AvgIpc) is 2.60. The molecule has 1 atom stereocenters. The van der Waals surface area contributed by atoms with Crippen molar-refractivity contribution in [1.29, 1.82) is 0 Å². The van der Waals surface area contributed by atoms with Crippen LogP contribution in [0.25, 0.3) is 0 Å². The van der Waals surface area contributed by atoms with Gasteiger partial charge in [-0.15, -0.1) is 0 Å². The summed E-state index contributed by atoms with van der Waals surface area (Å²) in [7, 11) is 3.34. The number of nitrogens with zero attached hydrogens (tertiary/aromatic N) is 2. The highest BCUT2D eigenvalue weighted by molar-refractivity contribution is 5.98. The largest absolute Gasteiger partial charge is 0.385 e. The second-order valence-electron chi connectivity index (χ2n) is 3.13. The predicted molar refractivity (Wildman–Crippen MR) is 52.0 cm³/mol. The van der Waals surface area contributed by atoms with Crippen LogP contribution < -0.4 is 5.73 Å². The van der Waals surface area contributed by atoms with Crippen LogP contribution in [0.15, 0.2) is 12.3 Å². The Morgan fingerprint density at radius 1 is 1.79 bits per heavy atom. The molecule has 0 amide bonds. The normalized spacial score (nSPS) is 12.8. The molecule has 0 spiro atoms. The van der Waals surface area contributed by atoms with Gasteiger partial charge in [0.25, 0.3) is 0 Å². The molecular formula is C9H15N3O2. The van der Waals surface area contributed by atoms with E-state index in [9.17, 15) is 4.79 Å². The van der Waals surface area contributed by atoms with E-state index in [2.05, 4.69) is 5.10 Å². The van der Waals surface area contributed by atoms with Crippen LogP contribution in [-0.4, -0.2) is 35.3 Å². The molecule has 5 heteroatoms. The molecule has 14 heavy (non-hydrogen) atoms. The molecule has 0 saturated carbocycles. The number of aromatic nitrogens is 2. The van der Waals surface area contributed by atoms with Crippen molar-refractivity contribution < 1.29 is 9.53 Å². The Morgan fingerprint density at radius 2 is 2.50 bits per heavy atom. The van der Waals surface area contributed by atoms with Crippen LogP contribution >= 0.6 is 0 Å². The van der Waals surface area contributed by atoms with E-state index in [-0.39, 0.29) is 5.78 Å². The Labute approximate surface area is 82.8 Å². The number of carbonyl (C=O) groups excluding carboxylic acids is 1. The van der Waals surface area contributed by atoms with Crippen molar-refractivity contribution in [2.75, 3.05) is 13.7 Å². The van der Waals surface area contributed by atoms with Gasteiger partial charge in [-0.05, 0) is 12.5 Å². The molecular weight excluding hydrogens is 182 g/mol. The third-order valence-electron chi connectivity index (χ3n) is 1.94. The number of carbonyl (C=O) groups is 1. The van der Waals surface area contributed by atoms with E-state index >= 15 is 0 Å². The monoisotopic (exact) mass is 197 g/mol. The Bertz CT molecular complexity index is 309. The van der Waals surface area contributed by atoms with E-state index in [4.69, 9.17) is 10.5 Å². The minimum atomic E-state index is -0.523. The molecule has 2 N–H and O–H groups in total. The smallest absolute Gasteiger partial charge is 0.199 e. The van der Waals surface area contributed by atoms with Crippen LogP contribution in [0.3, 0.4) is 0 Å². The van der Waals surface area contributed by atoms with Gasteiger partial charge in [-0.25, -0.2) is 0 Å². The minimum Gasteiger partial charge on any atom is -0.385 e. The first-order valence-corrected chi connectivity index (χ1v) is 4.43. The third kappa shape index (κ3) is 2.65. The Balaban J connectivity index is 2.56. The average molecular weight is 197 g/mol. The lowest BCUT2D eigenvalue weighted by Gasteiger charge is -2.07. The molecule has 1 unspecified atom stereocenters. The Kier molecular flexibility index (Phi) is 3.79. The van der Waals surface area contributed by atoms with Crippen LogP contribution in [0.1, 0.15) is 16.9 Å². The van der Waals surface area contributed by atoms with Crippen molar-refractivity contribution in [1.82, 2.24) is 9.78 Å². The quantitative estimate of drug-likeness (QED) is 0.673. The molecule has 1 heterocycles. The van der Waals surface area contributed by atoms with E-state index < -0.39 is 6.04 Å². The zero-order valence-electron chi connectivity index (χ0n) is 8.43. The number of hydrogen-bond donors (Lipinski definition) is 1. The van der Waals surface area contributed by atoms with Gasteiger partial charge >= 0.3 is 0 Å². The first-order valence-electron chi connectivity index (χ1n) is 4.43. The minimum absolute atomic E-state index is 0.136. The van der Waals surface area contributed by atoms with Gasteiger partial charge in [0.2, 0.25) is 0 Å². The van der Waals surface area contributed by atoms with Gasteiger partial charge in [0.1, 0.15) is 5.69 Å². The second kappa shape index (κ2) is 4.88. The van der Waals surface area contributed by atoms with Crippen molar-refractivity contribution in [2.45, 2.75) is 12.5 Å². The molecule has 0 saturated heterocycles. The first-order chi connectivity index (χ1) is 6.65. The maximum Gasteiger partial charge on any atom is 0.199 e. The van der Waals surface area contributed by atoms with Crippen molar-refractivity contribution >= 4 is 5.78 Å². The van der Waals surface area contributed by atoms with Gasteiger partial charge < -0.3 is 10.5 Å². The summed E-state index contributed by atoms with van der Waals surface area (Å²) in [5.74, 6) is -0.136. The zero-order chi connectivity index (χ0) is 10.6. The SMILES string of the molecule is COCCC(N)C(=O)c1ccn(C)n1. The summed E-state index contributed by atoms with van der Waals surface area (Å²) < 4.78 is 6.43. The number of nitrogens with two attached hydrogens (primary N) is 1. The summed E-state index contributed by atoms with van der Waals surface area (Å²) in [5, 5.41) is 3.99. The fourth-order valence-electron chi connectivity index (χ4n) is 1.11. The number of rotatable bonds is 5. The summed E-state index contributed by atoms with van der Waals surface area (Å²) in [6.07, 6.45) is 2.24. The molecule has 0 aliphatic rings. The number of methoxy groups -OCH3 is 1. The van der Waals surface area contributed by atoms with Crippen LogP contribution in [0.5, 0.6) is 0 Å². The van der Waals surface area contributed by atoms with Crippen LogP contribution in [0.2, 0.25) is 0 Å². The first kappa shape index (κ1) is 10.9. The highest BCUT2D eigenvalue weighted by Crippen LogP contribution is 2.01. The van der Waals surface area contributed by atoms with Crippen molar-refractivity contribution in [2.24, 2.45) is 12.8 Å². The molecule has 0 aliphatic carbocycles. The van der Waals surface area contributed by atoms with Gasteiger partial charge in [0.15, 0.2) is 5.78 Å². The summed E-state index contributed by atoms with van der Waals surface area (Å²) in [6.45, 7) is 0.486. The van der Waals surface area contributed by atoms with Crippen LogP contribution in [0.4, 0.5) is 0 Å². The lowest BCUT2D eigenvalue weighted by Crippen LogP contribution is -2.32. The molecule has 1 rings (SSSR count). The summed E-state index contributed by atoms with van der Waals surface area (Å²) in [4.78, 5) is 11.6. The van der Waals surface area contributed by atoms with E-state index in [1.54, 1.807) is 31.1 Å². The number of aryl methyl sites for hydroxylation is 1. The van der Waals surface area contributed by atoms with Gasteiger partial charge in [0, 0.05) is 27.0 Å². The molecule has 1 aromatic rings. The summed E-state index contributed by atoms with van der Waals surface area (Å²) >= 11 is 0. The maximum atomic E-state index is 11.6. The third-order valence-corrected chi connectivity index (χ3v) is 1.94. The van der Waals surface area contributed by atoms with Gasteiger partial charge in [-0.3, -0.25) is 9.48 Å². The fraction of sp³-hybridized carbons (Fsp3) is 0.556. The Hall–Kier alpha value is -1.20. The maximum absolute atomic E-state index is 11.6. The van der Waals surface area contributed by atoms with E-state index in [1.807, 2.05) is 0 Å². The number of ether oxygens (including phenoxy) is 1. The van der Waals surface area contributed by atoms with Crippen molar-refractivity contribution in [3.63, 3.8) is 0 Å². The molecule has 0 aliphatic heterocycles. The van der Waals surface area contributed by atoms with E-state index in [0.717, 1.165) is 0 Å². The lowest BCUT2D eigenvalue weighted by molar-refractivity contribution is 0.0930. The van der Waals surface area contributed by atoms with Crippen LogP contribution in [0, 0.1) is 0 Å². The van der Waals surface area contributed by atoms with Gasteiger partial charge in [-0.2, -0.15) is 5.10 Å². The van der Waals surface area contributed by atoms with E-state index in [0.29, 0.717) is 18.7 Å². The molecule has 5 nitrogen and oxygen atoms in total. The zero-order valence-corrected chi connectivity index (χ0v) is 8.43. The fourth-order valence-corrected chi connectivity index (χ4v) is 1.11. The lowest BCUT2D eigenvalue weighted by atomic mass is 10.1. The second-order valence-corrected chi connectivity index (χ2v) is 3.13. The molecule has 0 aromatic carbocycles. The number of ketones is 1. The molecule has 1 aromatic heterocycles. The van der Waals surface area contributed by atoms with Crippen LogP contribution in [-0.2, 0) is 11.8 Å². The van der Waals surface area contributed by atoms with Crippen molar-refractivity contribution in [3.05, 3.63) is 18.0 Å². The molecule has 0 radical (unpaired) electrons. The molecule has 78 valence electrons. The standard InChI is InChI=1S/C9H15N3O2/c1-12-5-3-8(11-12)9(13)7(10)4-6-14-2/h3,5,7H,4,6,10H2,1-2H3. The number of Topliss-reactive ketones (excluding diaryl/α,β-unsaturated/α-hetero) is 1. The highest BCUT2D eigenvalue weighted by atomic mass is 16.5. The van der Waals surface area contributed by atoms with E-state index in [1.165, 1.54) is 0 Å². The summed E-state index contributed by atoms with van der Waals surface area (Å²) in [6, 6.07) is 1.14. The Morgan fingerprint density at radius 3 is 3.00 bits per heavy atom.